The van der Waals surface area contributed by atoms with E-state index < -0.39 is 0 Å². The van der Waals surface area contributed by atoms with Crippen molar-refractivity contribution < 1.29 is 4.74 Å². The monoisotopic (exact) mass is 205 g/mol. The molecule has 0 aromatic heterocycles. The molecule has 0 amide bonds. The Balaban J connectivity index is 2.29. The highest BCUT2D eigenvalue weighted by atomic mass is 16.5. The predicted octanol–water partition coefficient (Wildman–Crippen LogP) is 2.68. The molecule has 2 heteroatoms. The lowest BCUT2D eigenvalue weighted by Gasteiger charge is -2.15. The van der Waals surface area contributed by atoms with Crippen LogP contribution in [0.25, 0.3) is 0 Å². The van der Waals surface area contributed by atoms with Gasteiger partial charge in [-0.05, 0) is 50.3 Å². The molecule has 2 nitrogen and oxygen atoms in total. The Kier molecular flexibility index (Phi) is 3.27. The molecule has 0 radical (unpaired) electrons. The Hall–Kier alpha value is -1.02. The first-order valence-electron chi connectivity index (χ1n) is 5.77. The van der Waals surface area contributed by atoms with Crippen LogP contribution in [0.1, 0.15) is 37.7 Å². The molecule has 2 unspecified atom stereocenters. The molecule has 0 bridgehead atoms. The summed E-state index contributed by atoms with van der Waals surface area (Å²) in [6.45, 7) is 2.90. The fourth-order valence-corrected chi connectivity index (χ4v) is 2.29. The lowest BCUT2D eigenvalue weighted by atomic mass is 9.91. The summed E-state index contributed by atoms with van der Waals surface area (Å²) in [5, 5.41) is 0. The standard InChI is InChI=1S/C13H19NO/c1-10-6-7-11(8-9-14)12-4-2-3-5-13(12)15-10/h2-5,10-11H,6-9,14H2,1H3. The quantitative estimate of drug-likeness (QED) is 0.805. The Morgan fingerprint density at radius 2 is 2.13 bits per heavy atom. The maximum atomic E-state index is 5.89. The van der Waals surface area contributed by atoms with Crippen molar-refractivity contribution in [3.8, 4) is 5.75 Å². The van der Waals surface area contributed by atoms with Gasteiger partial charge in [0.25, 0.3) is 0 Å². The third-order valence-electron chi connectivity index (χ3n) is 3.12. The van der Waals surface area contributed by atoms with Gasteiger partial charge in [-0.1, -0.05) is 18.2 Å². The average molecular weight is 205 g/mol. The van der Waals surface area contributed by atoms with Gasteiger partial charge in [-0.25, -0.2) is 0 Å². The van der Waals surface area contributed by atoms with Crippen molar-refractivity contribution in [2.45, 2.75) is 38.2 Å². The highest BCUT2D eigenvalue weighted by Crippen LogP contribution is 2.36. The van der Waals surface area contributed by atoms with Crippen LogP contribution in [0.3, 0.4) is 0 Å². The van der Waals surface area contributed by atoms with Crippen LogP contribution in [0.4, 0.5) is 0 Å². The fourth-order valence-electron chi connectivity index (χ4n) is 2.29. The zero-order chi connectivity index (χ0) is 10.7. The summed E-state index contributed by atoms with van der Waals surface area (Å²) in [5.41, 5.74) is 7.00. The van der Waals surface area contributed by atoms with E-state index in [-0.39, 0.29) is 0 Å². The van der Waals surface area contributed by atoms with Crippen LogP contribution in [0.15, 0.2) is 24.3 Å². The van der Waals surface area contributed by atoms with Crippen LogP contribution in [-0.4, -0.2) is 12.6 Å². The van der Waals surface area contributed by atoms with Gasteiger partial charge in [0.2, 0.25) is 0 Å². The number of rotatable bonds is 2. The summed E-state index contributed by atoms with van der Waals surface area (Å²) in [5.74, 6) is 1.64. The van der Waals surface area contributed by atoms with Gasteiger partial charge in [-0.15, -0.1) is 0 Å². The summed E-state index contributed by atoms with van der Waals surface area (Å²) in [6.07, 6.45) is 3.70. The molecule has 82 valence electrons. The molecule has 0 fully saturated rings. The number of benzene rings is 1. The van der Waals surface area contributed by atoms with Crippen LogP contribution in [0.2, 0.25) is 0 Å². The third kappa shape index (κ3) is 2.32. The number of para-hydroxylation sites is 1. The summed E-state index contributed by atoms with van der Waals surface area (Å²) in [7, 11) is 0. The predicted molar refractivity (Wildman–Crippen MR) is 62.2 cm³/mol. The van der Waals surface area contributed by atoms with Crippen molar-refractivity contribution >= 4 is 0 Å². The molecule has 2 rings (SSSR count). The zero-order valence-electron chi connectivity index (χ0n) is 9.28. The Morgan fingerprint density at radius 1 is 1.33 bits per heavy atom. The first-order chi connectivity index (χ1) is 7.31. The molecule has 1 aliphatic rings. The number of hydrogen-bond acceptors (Lipinski definition) is 2. The molecular formula is C13H19NO. The van der Waals surface area contributed by atoms with E-state index in [0.29, 0.717) is 12.0 Å². The molecule has 1 heterocycles. The van der Waals surface area contributed by atoms with Crippen LogP contribution in [0, 0.1) is 0 Å². The molecule has 15 heavy (non-hydrogen) atoms. The average Bonchev–Trinajstić information content (AvgIpc) is 2.39. The van der Waals surface area contributed by atoms with Crippen molar-refractivity contribution in [1.82, 2.24) is 0 Å². The first kappa shape index (κ1) is 10.5. The molecule has 0 spiro atoms. The minimum absolute atomic E-state index is 0.328. The normalized spacial score (nSPS) is 25.2. The summed E-state index contributed by atoms with van der Waals surface area (Å²) < 4.78 is 5.89. The third-order valence-corrected chi connectivity index (χ3v) is 3.12. The van der Waals surface area contributed by atoms with E-state index in [2.05, 4.69) is 25.1 Å². The van der Waals surface area contributed by atoms with Crippen LogP contribution in [0.5, 0.6) is 5.75 Å². The second kappa shape index (κ2) is 4.67. The van der Waals surface area contributed by atoms with Gasteiger partial charge in [0.15, 0.2) is 0 Å². The molecular weight excluding hydrogens is 186 g/mol. The van der Waals surface area contributed by atoms with E-state index in [9.17, 15) is 0 Å². The SMILES string of the molecule is CC1CCC(CCN)c2ccccc2O1. The lowest BCUT2D eigenvalue weighted by molar-refractivity contribution is 0.215. The molecule has 2 N–H and O–H groups in total. The smallest absolute Gasteiger partial charge is 0.123 e. The van der Waals surface area contributed by atoms with Crippen molar-refractivity contribution in [2.24, 2.45) is 5.73 Å². The molecule has 1 aromatic carbocycles. The van der Waals surface area contributed by atoms with Crippen molar-refractivity contribution in [3.63, 3.8) is 0 Å². The van der Waals surface area contributed by atoms with Crippen LogP contribution < -0.4 is 10.5 Å². The lowest BCUT2D eigenvalue weighted by Crippen LogP contribution is -2.09. The maximum absolute atomic E-state index is 5.89. The highest BCUT2D eigenvalue weighted by molar-refractivity contribution is 5.37. The highest BCUT2D eigenvalue weighted by Gasteiger charge is 2.21. The largest absolute Gasteiger partial charge is 0.490 e. The molecule has 0 saturated heterocycles. The molecule has 0 saturated carbocycles. The van der Waals surface area contributed by atoms with E-state index in [1.807, 2.05) is 6.07 Å². The zero-order valence-corrected chi connectivity index (χ0v) is 9.28. The fraction of sp³-hybridized carbons (Fsp3) is 0.538. The van der Waals surface area contributed by atoms with Gasteiger partial charge in [0, 0.05) is 0 Å². The van der Waals surface area contributed by atoms with Crippen LogP contribution >= 0.6 is 0 Å². The Bertz CT molecular complexity index is 324. The van der Waals surface area contributed by atoms with Crippen molar-refractivity contribution in [3.05, 3.63) is 29.8 Å². The van der Waals surface area contributed by atoms with E-state index >= 15 is 0 Å². The first-order valence-corrected chi connectivity index (χ1v) is 5.77. The Morgan fingerprint density at radius 3 is 2.93 bits per heavy atom. The minimum Gasteiger partial charge on any atom is -0.490 e. The van der Waals surface area contributed by atoms with Gasteiger partial charge < -0.3 is 10.5 Å². The van der Waals surface area contributed by atoms with Gasteiger partial charge >= 0.3 is 0 Å². The van der Waals surface area contributed by atoms with Gasteiger partial charge in [0.05, 0.1) is 6.10 Å². The Labute approximate surface area is 91.4 Å². The van der Waals surface area contributed by atoms with Gasteiger partial charge in [-0.2, -0.15) is 0 Å². The van der Waals surface area contributed by atoms with E-state index in [1.165, 1.54) is 12.0 Å². The number of ether oxygens (including phenoxy) is 1. The number of fused-ring (bicyclic) bond motifs is 1. The number of hydrogen-bond donors (Lipinski definition) is 1. The topological polar surface area (TPSA) is 35.2 Å². The molecule has 1 aliphatic heterocycles. The summed E-state index contributed by atoms with van der Waals surface area (Å²) in [6, 6.07) is 8.37. The van der Waals surface area contributed by atoms with E-state index in [0.717, 1.165) is 25.1 Å². The summed E-state index contributed by atoms with van der Waals surface area (Å²) >= 11 is 0. The van der Waals surface area contributed by atoms with E-state index in [1.54, 1.807) is 0 Å². The number of nitrogens with two attached hydrogens (primary N) is 1. The summed E-state index contributed by atoms with van der Waals surface area (Å²) in [4.78, 5) is 0. The minimum atomic E-state index is 0.328. The molecule has 1 aromatic rings. The van der Waals surface area contributed by atoms with Crippen LogP contribution in [-0.2, 0) is 0 Å². The second-order valence-electron chi connectivity index (χ2n) is 4.32. The van der Waals surface area contributed by atoms with E-state index in [4.69, 9.17) is 10.5 Å². The molecule has 2 atom stereocenters. The van der Waals surface area contributed by atoms with Gasteiger partial charge in [0.1, 0.15) is 5.75 Å². The maximum Gasteiger partial charge on any atom is 0.123 e. The second-order valence-corrected chi connectivity index (χ2v) is 4.32. The van der Waals surface area contributed by atoms with Crippen molar-refractivity contribution in [2.75, 3.05) is 6.54 Å². The van der Waals surface area contributed by atoms with Crippen molar-refractivity contribution in [1.29, 1.82) is 0 Å². The molecule has 0 aliphatic carbocycles. The van der Waals surface area contributed by atoms with Gasteiger partial charge in [-0.3, -0.25) is 0 Å².